The molecule has 88 valence electrons. The van der Waals surface area contributed by atoms with Crippen LogP contribution in [0.3, 0.4) is 0 Å². The summed E-state index contributed by atoms with van der Waals surface area (Å²) in [6.07, 6.45) is 1.84. The van der Waals surface area contributed by atoms with Crippen molar-refractivity contribution in [2.75, 3.05) is 0 Å². The molecule has 1 aromatic carbocycles. The first kappa shape index (κ1) is 12.0. The summed E-state index contributed by atoms with van der Waals surface area (Å²) in [6, 6.07) is 8.13. The lowest BCUT2D eigenvalue weighted by atomic mass is 10.1. The Morgan fingerprint density at radius 3 is 2.53 bits per heavy atom. The molecular formula is C13H13BrN2O. The summed E-state index contributed by atoms with van der Waals surface area (Å²) in [4.78, 5) is 11.1. The molecule has 0 unspecified atom stereocenters. The monoisotopic (exact) mass is 292 g/mol. The van der Waals surface area contributed by atoms with Gasteiger partial charge >= 0.3 is 0 Å². The van der Waals surface area contributed by atoms with Gasteiger partial charge in [-0.2, -0.15) is 5.10 Å². The molecule has 0 spiro atoms. The van der Waals surface area contributed by atoms with Crippen molar-refractivity contribution in [3.05, 3.63) is 40.0 Å². The van der Waals surface area contributed by atoms with Gasteiger partial charge in [-0.1, -0.05) is 31.2 Å². The topological polar surface area (TPSA) is 34.9 Å². The molecule has 2 rings (SSSR count). The zero-order valence-electron chi connectivity index (χ0n) is 9.77. The maximum absolute atomic E-state index is 11.1. The summed E-state index contributed by atoms with van der Waals surface area (Å²) >= 11 is 3.36. The summed E-state index contributed by atoms with van der Waals surface area (Å²) in [5.41, 5.74) is 3.55. The van der Waals surface area contributed by atoms with Crippen molar-refractivity contribution < 1.29 is 4.79 Å². The maximum atomic E-state index is 11.1. The van der Waals surface area contributed by atoms with Crippen LogP contribution in [0.4, 0.5) is 0 Å². The molecule has 0 fully saturated rings. The Labute approximate surface area is 109 Å². The Bertz CT molecular complexity index is 543. The first-order valence-corrected chi connectivity index (χ1v) is 6.23. The smallest absolute Gasteiger partial charge is 0.155 e. The molecule has 0 saturated carbocycles. The van der Waals surface area contributed by atoms with Gasteiger partial charge in [0.2, 0.25) is 0 Å². The maximum Gasteiger partial charge on any atom is 0.155 e. The zero-order chi connectivity index (χ0) is 12.4. The van der Waals surface area contributed by atoms with Gasteiger partial charge < -0.3 is 0 Å². The van der Waals surface area contributed by atoms with E-state index in [1.165, 1.54) is 5.56 Å². The third kappa shape index (κ3) is 2.17. The van der Waals surface area contributed by atoms with E-state index in [0.29, 0.717) is 10.2 Å². The second kappa shape index (κ2) is 4.84. The first-order valence-electron chi connectivity index (χ1n) is 5.44. The quantitative estimate of drug-likeness (QED) is 0.814. The molecule has 4 heteroatoms. The Hall–Kier alpha value is -1.42. The predicted molar refractivity (Wildman–Crippen MR) is 71.1 cm³/mol. The van der Waals surface area contributed by atoms with Crippen LogP contribution in [-0.4, -0.2) is 16.1 Å². The SMILES string of the molecule is CCc1ccc(-c2nn(C)c(Br)c2C=O)cc1. The van der Waals surface area contributed by atoms with Crippen molar-refractivity contribution in [2.24, 2.45) is 7.05 Å². The molecule has 1 aromatic heterocycles. The van der Waals surface area contributed by atoms with Gasteiger partial charge in [0.25, 0.3) is 0 Å². The van der Waals surface area contributed by atoms with Crippen LogP contribution in [0.1, 0.15) is 22.8 Å². The largest absolute Gasteiger partial charge is 0.298 e. The molecule has 0 saturated heterocycles. The lowest BCUT2D eigenvalue weighted by Gasteiger charge is -2.00. The summed E-state index contributed by atoms with van der Waals surface area (Å²) in [5.74, 6) is 0. The molecule has 0 aliphatic rings. The highest BCUT2D eigenvalue weighted by molar-refractivity contribution is 9.10. The van der Waals surface area contributed by atoms with Crippen molar-refractivity contribution in [3.8, 4) is 11.3 Å². The second-order valence-corrected chi connectivity index (χ2v) is 4.60. The minimum atomic E-state index is 0.594. The highest BCUT2D eigenvalue weighted by Crippen LogP contribution is 2.27. The summed E-state index contributed by atoms with van der Waals surface area (Å²) in [7, 11) is 1.81. The molecule has 0 N–H and O–H groups in total. The Morgan fingerprint density at radius 1 is 1.35 bits per heavy atom. The molecule has 2 aromatic rings. The zero-order valence-corrected chi connectivity index (χ0v) is 11.4. The fourth-order valence-corrected chi connectivity index (χ4v) is 2.10. The van der Waals surface area contributed by atoms with Gasteiger partial charge in [0.15, 0.2) is 6.29 Å². The van der Waals surface area contributed by atoms with Gasteiger partial charge in [0.05, 0.1) is 5.56 Å². The van der Waals surface area contributed by atoms with Crippen LogP contribution in [0.2, 0.25) is 0 Å². The number of aldehydes is 1. The normalized spacial score (nSPS) is 10.5. The number of carbonyl (C=O) groups is 1. The van der Waals surface area contributed by atoms with Gasteiger partial charge in [-0.15, -0.1) is 0 Å². The van der Waals surface area contributed by atoms with Gasteiger partial charge in [0, 0.05) is 12.6 Å². The number of hydrogen-bond acceptors (Lipinski definition) is 2. The number of halogens is 1. The van der Waals surface area contributed by atoms with E-state index in [4.69, 9.17) is 0 Å². The van der Waals surface area contributed by atoms with E-state index in [-0.39, 0.29) is 0 Å². The molecule has 0 aliphatic carbocycles. The van der Waals surface area contributed by atoms with Gasteiger partial charge in [0.1, 0.15) is 10.3 Å². The summed E-state index contributed by atoms with van der Waals surface area (Å²) in [6.45, 7) is 2.11. The Kier molecular flexibility index (Phi) is 3.43. The molecule has 17 heavy (non-hydrogen) atoms. The molecular weight excluding hydrogens is 280 g/mol. The summed E-state index contributed by atoms with van der Waals surface area (Å²) < 4.78 is 2.37. The predicted octanol–water partition coefficient (Wildman–Crippen LogP) is 3.22. The lowest BCUT2D eigenvalue weighted by Crippen LogP contribution is -1.90. The molecule has 3 nitrogen and oxygen atoms in total. The number of nitrogens with zero attached hydrogens (tertiary/aromatic N) is 2. The minimum Gasteiger partial charge on any atom is -0.298 e. The van der Waals surface area contributed by atoms with Crippen molar-refractivity contribution in [3.63, 3.8) is 0 Å². The molecule has 0 aliphatic heterocycles. The third-order valence-electron chi connectivity index (χ3n) is 2.76. The van der Waals surface area contributed by atoms with Crippen LogP contribution in [0, 0.1) is 0 Å². The summed E-state index contributed by atoms with van der Waals surface area (Å²) in [5, 5.41) is 4.35. The van der Waals surface area contributed by atoms with Crippen molar-refractivity contribution in [1.82, 2.24) is 9.78 Å². The van der Waals surface area contributed by atoms with Crippen LogP contribution in [-0.2, 0) is 13.5 Å². The number of hydrogen-bond donors (Lipinski definition) is 0. The van der Waals surface area contributed by atoms with E-state index in [9.17, 15) is 4.79 Å². The van der Waals surface area contributed by atoms with Crippen LogP contribution in [0.25, 0.3) is 11.3 Å². The van der Waals surface area contributed by atoms with Gasteiger partial charge in [-0.25, -0.2) is 0 Å². The average molecular weight is 293 g/mol. The fourth-order valence-electron chi connectivity index (χ4n) is 1.74. The van der Waals surface area contributed by atoms with Crippen LogP contribution in [0.15, 0.2) is 28.9 Å². The second-order valence-electron chi connectivity index (χ2n) is 3.85. The molecule has 1 heterocycles. The van der Waals surface area contributed by atoms with Crippen molar-refractivity contribution >= 4 is 22.2 Å². The minimum absolute atomic E-state index is 0.594. The highest BCUT2D eigenvalue weighted by atomic mass is 79.9. The number of rotatable bonds is 3. The van der Waals surface area contributed by atoms with Crippen molar-refractivity contribution in [1.29, 1.82) is 0 Å². The molecule has 0 radical (unpaired) electrons. The van der Waals surface area contributed by atoms with Crippen LogP contribution >= 0.6 is 15.9 Å². The van der Waals surface area contributed by atoms with Crippen LogP contribution < -0.4 is 0 Å². The number of benzene rings is 1. The van der Waals surface area contributed by atoms with Crippen molar-refractivity contribution in [2.45, 2.75) is 13.3 Å². The van der Waals surface area contributed by atoms with E-state index < -0.39 is 0 Å². The molecule has 0 atom stereocenters. The first-order chi connectivity index (χ1) is 8.17. The number of carbonyl (C=O) groups excluding carboxylic acids is 1. The van der Waals surface area contributed by atoms with E-state index in [1.54, 1.807) is 11.7 Å². The average Bonchev–Trinajstić information content (AvgIpc) is 2.65. The standard InChI is InChI=1S/C13H13BrN2O/c1-3-9-4-6-10(7-5-9)12-11(8-17)13(14)16(2)15-12/h4-8H,3H2,1-2H3. The fraction of sp³-hybridized carbons (Fsp3) is 0.231. The Morgan fingerprint density at radius 2 is 2.00 bits per heavy atom. The third-order valence-corrected chi connectivity index (χ3v) is 3.71. The highest BCUT2D eigenvalue weighted by Gasteiger charge is 2.14. The number of aryl methyl sites for hydroxylation is 2. The van der Waals surface area contributed by atoms with E-state index in [0.717, 1.165) is 24.0 Å². The molecule has 0 amide bonds. The lowest BCUT2D eigenvalue weighted by molar-refractivity contribution is 0.112. The van der Waals surface area contributed by atoms with E-state index in [2.05, 4.69) is 40.1 Å². The van der Waals surface area contributed by atoms with Gasteiger partial charge in [-0.05, 0) is 27.9 Å². The van der Waals surface area contributed by atoms with E-state index >= 15 is 0 Å². The van der Waals surface area contributed by atoms with Gasteiger partial charge in [-0.3, -0.25) is 9.48 Å². The Balaban J connectivity index is 2.52. The van der Waals surface area contributed by atoms with Crippen LogP contribution in [0.5, 0.6) is 0 Å². The van der Waals surface area contributed by atoms with E-state index in [1.807, 2.05) is 12.1 Å². The molecule has 0 bridgehead atoms. The number of aromatic nitrogens is 2.